The lowest BCUT2D eigenvalue weighted by atomic mass is 10.0. The number of hydrogen-bond donors (Lipinski definition) is 2. The number of piperidine rings is 1. The van der Waals surface area contributed by atoms with E-state index in [2.05, 4.69) is 17.6 Å². The lowest BCUT2D eigenvalue weighted by Gasteiger charge is -2.28. The third kappa shape index (κ3) is 3.03. The molecule has 92 valence electrons. The molecule has 3 nitrogen and oxygen atoms in total. The predicted molar refractivity (Wildman–Crippen MR) is 64.4 cm³/mol. The van der Waals surface area contributed by atoms with E-state index in [0.29, 0.717) is 6.04 Å². The number of nitrogens with one attached hydrogen (secondary N) is 2. The van der Waals surface area contributed by atoms with Gasteiger partial charge in [0.2, 0.25) is 0 Å². The topological polar surface area (TPSA) is 41.1 Å². The summed E-state index contributed by atoms with van der Waals surface area (Å²) < 4.78 is 13.4. The van der Waals surface area contributed by atoms with Crippen LogP contribution < -0.4 is 10.6 Å². The van der Waals surface area contributed by atoms with E-state index >= 15 is 0 Å². The van der Waals surface area contributed by atoms with Gasteiger partial charge < -0.3 is 10.6 Å². The first-order valence-electron chi connectivity index (χ1n) is 5.95. The number of benzene rings is 1. The Morgan fingerprint density at radius 1 is 1.47 bits per heavy atom. The van der Waals surface area contributed by atoms with Crippen molar-refractivity contribution in [1.29, 1.82) is 0 Å². The highest BCUT2D eigenvalue weighted by Gasteiger charge is 2.21. The Kier molecular flexibility index (Phi) is 3.74. The molecule has 2 unspecified atom stereocenters. The van der Waals surface area contributed by atoms with Crippen molar-refractivity contribution in [2.24, 2.45) is 0 Å². The summed E-state index contributed by atoms with van der Waals surface area (Å²) in [6.45, 7) is 2.98. The van der Waals surface area contributed by atoms with E-state index in [0.717, 1.165) is 19.4 Å². The standard InChI is InChI=1S/C13H17FN2O/c1-9-8-10(6-7-15-9)16-13(17)11-4-2-3-5-12(11)14/h2-5,9-10,15H,6-8H2,1H3,(H,16,17). The van der Waals surface area contributed by atoms with E-state index in [1.807, 2.05) is 0 Å². The first kappa shape index (κ1) is 12.0. The molecule has 1 saturated heterocycles. The smallest absolute Gasteiger partial charge is 0.254 e. The highest BCUT2D eigenvalue weighted by Crippen LogP contribution is 2.11. The van der Waals surface area contributed by atoms with Gasteiger partial charge in [0.25, 0.3) is 5.91 Å². The van der Waals surface area contributed by atoms with Gasteiger partial charge in [-0.1, -0.05) is 12.1 Å². The number of halogens is 1. The van der Waals surface area contributed by atoms with Crippen LogP contribution in [0, 0.1) is 5.82 Å². The van der Waals surface area contributed by atoms with E-state index in [1.54, 1.807) is 12.1 Å². The van der Waals surface area contributed by atoms with Crippen LogP contribution in [0.25, 0.3) is 0 Å². The maximum Gasteiger partial charge on any atom is 0.254 e. The van der Waals surface area contributed by atoms with Gasteiger partial charge in [-0.3, -0.25) is 4.79 Å². The second kappa shape index (κ2) is 5.27. The van der Waals surface area contributed by atoms with Gasteiger partial charge in [0, 0.05) is 12.1 Å². The Bertz CT molecular complexity index is 408. The van der Waals surface area contributed by atoms with Crippen LogP contribution in [0.2, 0.25) is 0 Å². The van der Waals surface area contributed by atoms with Gasteiger partial charge in [-0.2, -0.15) is 0 Å². The fourth-order valence-electron chi connectivity index (χ4n) is 2.17. The van der Waals surface area contributed by atoms with Crippen molar-refractivity contribution in [2.75, 3.05) is 6.54 Å². The summed E-state index contributed by atoms with van der Waals surface area (Å²) in [5.41, 5.74) is 0.124. The van der Waals surface area contributed by atoms with Crippen molar-refractivity contribution in [2.45, 2.75) is 31.8 Å². The maximum absolute atomic E-state index is 13.4. The highest BCUT2D eigenvalue weighted by molar-refractivity contribution is 5.94. The molecule has 0 aromatic heterocycles. The molecule has 0 radical (unpaired) electrons. The summed E-state index contributed by atoms with van der Waals surface area (Å²) in [6.07, 6.45) is 1.78. The predicted octanol–water partition coefficient (Wildman–Crippen LogP) is 1.70. The normalized spacial score (nSPS) is 24.4. The van der Waals surface area contributed by atoms with Crippen LogP contribution in [0.1, 0.15) is 30.1 Å². The van der Waals surface area contributed by atoms with Crippen molar-refractivity contribution in [1.82, 2.24) is 10.6 Å². The molecule has 1 aliphatic rings. The first-order valence-corrected chi connectivity index (χ1v) is 5.95. The second-order valence-corrected chi connectivity index (χ2v) is 4.53. The highest BCUT2D eigenvalue weighted by atomic mass is 19.1. The van der Waals surface area contributed by atoms with E-state index in [4.69, 9.17) is 0 Å². The molecule has 2 atom stereocenters. The molecule has 1 aliphatic heterocycles. The summed E-state index contributed by atoms with van der Waals surface area (Å²) in [5, 5.41) is 6.20. The lowest BCUT2D eigenvalue weighted by Crippen LogP contribution is -2.46. The monoisotopic (exact) mass is 236 g/mol. The van der Waals surface area contributed by atoms with Crippen LogP contribution in [0.4, 0.5) is 4.39 Å². The minimum atomic E-state index is -0.466. The summed E-state index contributed by atoms with van der Waals surface area (Å²) in [4.78, 5) is 11.9. The van der Waals surface area contributed by atoms with Gasteiger partial charge in [0.05, 0.1) is 5.56 Å². The fourth-order valence-corrected chi connectivity index (χ4v) is 2.17. The molecule has 4 heteroatoms. The van der Waals surface area contributed by atoms with Crippen molar-refractivity contribution < 1.29 is 9.18 Å². The zero-order chi connectivity index (χ0) is 12.3. The average Bonchev–Trinajstić information content (AvgIpc) is 2.29. The molecular formula is C13H17FN2O. The molecule has 1 aromatic carbocycles. The number of amides is 1. The Morgan fingerprint density at radius 3 is 2.94 bits per heavy atom. The van der Waals surface area contributed by atoms with Crippen LogP contribution in [0.5, 0.6) is 0 Å². The molecule has 2 N–H and O–H groups in total. The van der Waals surface area contributed by atoms with Crippen LogP contribution in [0.3, 0.4) is 0 Å². The molecule has 2 rings (SSSR count). The van der Waals surface area contributed by atoms with E-state index in [1.165, 1.54) is 12.1 Å². The zero-order valence-corrected chi connectivity index (χ0v) is 9.87. The molecule has 17 heavy (non-hydrogen) atoms. The average molecular weight is 236 g/mol. The van der Waals surface area contributed by atoms with Crippen molar-refractivity contribution in [3.8, 4) is 0 Å². The van der Waals surface area contributed by atoms with E-state index in [-0.39, 0.29) is 17.5 Å². The number of rotatable bonds is 2. The molecule has 0 bridgehead atoms. The molecule has 1 heterocycles. The zero-order valence-electron chi connectivity index (χ0n) is 9.87. The van der Waals surface area contributed by atoms with Gasteiger partial charge in [-0.05, 0) is 38.4 Å². The number of carbonyl (C=O) groups is 1. The van der Waals surface area contributed by atoms with Crippen molar-refractivity contribution >= 4 is 5.91 Å². The summed E-state index contributed by atoms with van der Waals surface area (Å²) in [6, 6.07) is 6.60. The number of hydrogen-bond acceptors (Lipinski definition) is 2. The molecular weight excluding hydrogens is 219 g/mol. The Hall–Kier alpha value is -1.42. The molecule has 1 aromatic rings. The quantitative estimate of drug-likeness (QED) is 0.820. The summed E-state index contributed by atoms with van der Waals surface area (Å²) in [5.74, 6) is -0.783. The van der Waals surface area contributed by atoms with Gasteiger partial charge >= 0.3 is 0 Å². The van der Waals surface area contributed by atoms with E-state index in [9.17, 15) is 9.18 Å². The molecule has 1 fully saturated rings. The molecule has 1 amide bonds. The van der Waals surface area contributed by atoms with Crippen molar-refractivity contribution in [3.63, 3.8) is 0 Å². The Labute approximate surface area is 100 Å². The van der Waals surface area contributed by atoms with Gasteiger partial charge in [-0.25, -0.2) is 4.39 Å². The Morgan fingerprint density at radius 2 is 2.24 bits per heavy atom. The number of carbonyl (C=O) groups excluding carboxylic acids is 1. The summed E-state index contributed by atoms with van der Waals surface area (Å²) >= 11 is 0. The Balaban J connectivity index is 1.99. The van der Waals surface area contributed by atoms with Gasteiger partial charge in [0.15, 0.2) is 0 Å². The van der Waals surface area contributed by atoms with Crippen LogP contribution in [-0.2, 0) is 0 Å². The van der Waals surface area contributed by atoms with Crippen molar-refractivity contribution in [3.05, 3.63) is 35.6 Å². The second-order valence-electron chi connectivity index (χ2n) is 4.53. The molecule has 0 saturated carbocycles. The van der Waals surface area contributed by atoms with E-state index < -0.39 is 5.82 Å². The first-order chi connectivity index (χ1) is 8.16. The third-order valence-corrected chi connectivity index (χ3v) is 3.08. The molecule has 0 spiro atoms. The van der Waals surface area contributed by atoms with Gasteiger partial charge in [-0.15, -0.1) is 0 Å². The summed E-state index contributed by atoms with van der Waals surface area (Å²) in [7, 11) is 0. The largest absolute Gasteiger partial charge is 0.349 e. The van der Waals surface area contributed by atoms with Crippen LogP contribution >= 0.6 is 0 Å². The lowest BCUT2D eigenvalue weighted by molar-refractivity contribution is 0.0921. The minimum absolute atomic E-state index is 0.124. The van der Waals surface area contributed by atoms with Gasteiger partial charge in [0.1, 0.15) is 5.82 Å². The third-order valence-electron chi connectivity index (χ3n) is 3.08. The minimum Gasteiger partial charge on any atom is -0.349 e. The molecule has 0 aliphatic carbocycles. The van der Waals surface area contributed by atoms with Crippen LogP contribution in [0.15, 0.2) is 24.3 Å². The SMILES string of the molecule is CC1CC(NC(=O)c2ccccc2F)CCN1. The maximum atomic E-state index is 13.4. The van der Waals surface area contributed by atoms with Crippen LogP contribution in [-0.4, -0.2) is 24.5 Å². The fraction of sp³-hybridized carbons (Fsp3) is 0.462.